The van der Waals surface area contributed by atoms with Gasteiger partial charge < -0.3 is 4.57 Å². The minimum absolute atomic E-state index is 0.0593. The number of rotatable bonds is 2. The van der Waals surface area contributed by atoms with Crippen LogP contribution in [0.3, 0.4) is 0 Å². The molecule has 6 heteroatoms. The number of nitro benzene ring substituents is 1. The topological polar surface area (TPSA) is 73.8 Å². The number of nitro groups is 1. The fraction of sp³-hybridized carbons (Fsp3) is 0.385. The van der Waals surface area contributed by atoms with E-state index in [2.05, 4.69) is 10.2 Å². The van der Waals surface area contributed by atoms with Crippen LogP contribution in [0.15, 0.2) is 24.5 Å². The predicted molar refractivity (Wildman–Crippen MR) is 71.8 cm³/mol. The second-order valence-electron chi connectivity index (χ2n) is 5.45. The Balaban J connectivity index is 2.62. The number of nitrogens with zero attached hydrogens (tertiary/aromatic N) is 4. The molecule has 6 nitrogen and oxygen atoms in total. The Kier molecular flexibility index (Phi) is 3.09. The number of hydrogen-bond acceptors (Lipinski definition) is 4. The summed E-state index contributed by atoms with van der Waals surface area (Å²) in [6, 6.07) is 4.77. The van der Waals surface area contributed by atoms with E-state index in [1.807, 2.05) is 32.3 Å². The molecular formula is C13H16N4O2. The highest BCUT2D eigenvalue weighted by atomic mass is 16.6. The zero-order valence-electron chi connectivity index (χ0n) is 11.4. The molecule has 19 heavy (non-hydrogen) atoms. The van der Waals surface area contributed by atoms with Crippen LogP contribution in [-0.2, 0) is 5.54 Å². The van der Waals surface area contributed by atoms with Crippen molar-refractivity contribution in [2.45, 2.75) is 33.2 Å². The van der Waals surface area contributed by atoms with Gasteiger partial charge in [0.2, 0.25) is 0 Å². The highest BCUT2D eigenvalue weighted by molar-refractivity contribution is 5.64. The normalized spacial score (nSPS) is 11.6. The highest BCUT2D eigenvalue weighted by Gasteiger charge is 2.21. The Labute approximate surface area is 111 Å². The van der Waals surface area contributed by atoms with Crippen LogP contribution in [0.25, 0.3) is 11.4 Å². The van der Waals surface area contributed by atoms with E-state index in [9.17, 15) is 10.1 Å². The number of non-ortho nitro benzene ring substituents is 1. The third kappa shape index (κ3) is 2.47. The minimum Gasteiger partial charge on any atom is -0.308 e. The molecule has 0 aliphatic carbocycles. The lowest BCUT2D eigenvalue weighted by Gasteiger charge is -2.22. The van der Waals surface area contributed by atoms with Crippen molar-refractivity contribution in [3.05, 3.63) is 40.2 Å². The number of benzene rings is 1. The smallest absolute Gasteiger partial charge is 0.270 e. The second-order valence-corrected chi connectivity index (χ2v) is 5.45. The lowest BCUT2D eigenvalue weighted by atomic mass is 10.0. The summed E-state index contributed by atoms with van der Waals surface area (Å²) in [6.45, 7) is 8.01. The van der Waals surface area contributed by atoms with Crippen LogP contribution in [0.1, 0.15) is 26.3 Å². The average Bonchev–Trinajstić information content (AvgIpc) is 2.77. The predicted octanol–water partition coefficient (Wildman–Crippen LogP) is 2.92. The zero-order chi connectivity index (χ0) is 14.2. The summed E-state index contributed by atoms with van der Waals surface area (Å²) in [5.41, 5.74) is 1.55. The number of aromatic nitrogens is 3. The van der Waals surface area contributed by atoms with Crippen molar-refractivity contribution < 1.29 is 4.92 Å². The first-order chi connectivity index (χ1) is 8.80. The maximum atomic E-state index is 10.9. The molecule has 0 fully saturated rings. The third-order valence-electron chi connectivity index (χ3n) is 2.94. The average molecular weight is 260 g/mol. The van der Waals surface area contributed by atoms with Crippen molar-refractivity contribution in [3.63, 3.8) is 0 Å². The fourth-order valence-corrected chi connectivity index (χ4v) is 1.87. The summed E-state index contributed by atoms with van der Waals surface area (Å²) >= 11 is 0. The first-order valence-corrected chi connectivity index (χ1v) is 5.96. The van der Waals surface area contributed by atoms with E-state index in [1.54, 1.807) is 18.5 Å². The molecule has 0 aliphatic heterocycles. The summed E-state index contributed by atoms with van der Waals surface area (Å²) in [7, 11) is 0. The standard InChI is InChI=1S/C13H16N4O2/c1-9-5-6-10(17(18)19)7-11(9)12-15-14-8-16(12)13(2,3)4/h5-8H,1-4H3. The first-order valence-electron chi connectivity index (χ1n) is 5.96. The van der Waals surface area contributed by atoms with E-state index in [4.69, 9.17) is 0 Å². The van der Waals surface area contributed by atoms with Crippen LogP contribution in [0.4, 0.5) is 5.69 Å². The van der Waals surface area contributed by atoms with E-state index < -0.39 is 4.92 Å². The summed E-state index contributed by atoms with van der Waals surface area (Å²) in [5.74, 6) is 0.647. The molecule has 0 radical (unpaired) electrons. The Morgan fingerprint density at radius 2 is 2.00 bits per heavy atom. The van der Waals surface area contributed by atoms with Crippen LogP contribution in [0, 0.1) is 17.0 Å². The highest BCUT2D eigenvalue weighted by Crippen LogP contribution is 2.29. The van der Waals surface area contributed by atoms with Gasteiger partial charge in [0.25, 0.3) is 5.69 Å². The summed E-state index contributed by atoms with van der Waals surface area (Å²) in [5, 5.41) is 18.9. The van der Waals surface area contributed by atoms with Crippen molar-refractivity contribution in [1.29, 1.82) is 0 Å². The molecule has 0 bridgehead atoms. The SMILES string of the molecule is Cc1ccc([N+](=O)[O-])cc1-c1nncn1C(C)(C)C. The van der Waals surface area contributed by atoms with Gasteiger partial charge in [-0.15, -0.1) is 10.2 Å². The first kappa shape index (κ1) is 13.2. The maximum absolute atomic E-state index is 10.9. The summed E-state index contributed by atoms with van der Waals surface area (Å²) in [4.78, 5) is 10.5. The van der Waals surface area contributed by atoms with Crippen molar-refractivity contribution in [1.82, 2.24) is 14.8 Å². The maximum Gasteiger partial charge on any atom is 0.270 e. The molecule has 0 aliphatic rings. The molecule has 1 heterocycles. The van der Waals surface area contributed by atoms with Gasteiger partial charge in [-0.25, -0.2) is 0 Å². The van der Waals surface area contributed by atoms with E-state index in [0.29, 0.717) is 5.82 Å². The van der Waals surface area contributed by atoms with Crippen LogP contribution >= 0.6 is 0 Å². The molecule has 0 spiro atoms. The molecule has 0 N–H and O–H groups in total. The van der Waals surface area contributed by atoms with E-state index in [0.717, 1.165) is 11.1 Å². The van der Waals surface area contributed by atoms with Crippen LogP contribution in [0.2, 0.25) is 0 Å². The van der Waals surface area contributed by atoms with Gasteiger partial charge in [0, 0.05) is 23.2 Å². The third-order valence-corrected chi connectivity index (χ3v) is 2.94. The van der Waals surface area contributed by atoms with Crippen molar-refractivity contribution >= 4 is 5.69 Å². The minimum atomic E-state index is -0.402. The quantitative estimate of drug-likeness (QED) is 0.614. The molecule has 2 rings (SSSR count). The monoisotopic (exact) mass is 260 g/mol. The second kappa shape index (κ2) is 4.46. The summed E-state index contributed by atoms with van der Waals surface area (Å²) in [6.07, 6.45) is 1.65. The molecule has 1 aromatic carbocycles. The Bertz CT molecular complexity index is 626. The van der Waals surface area contributed by atoms with Crippen molar-refractivity contribution in [2.75, 3.05) is 0 Å². The Hall–Kier alpha value is -2.24. The van der Waals surface area contributed by atoms with Crippen LogP contribution in [-0.4, -0.2) is 19.7 Å². The van der Waals surface area contributed by atoms with Crippen molar-refractivity contribution in [3.8, 4) is 11.4 Å². The molecule has 0 atom stereocenters. The van der Waals surface area contributed by atoms with Gasteiger partial charge in [-0.2, -0.15) is 0 Å². The van der Waals surface area contributed by atoms with Crippen LogP contribution in [0.5, 0.6) is 0 Å². The Morgan fingerprint density at radius 1 is 1.32 bits per heavy atom. The molecule has 0 unspecified atom stereocenters. The Morgan fingerprint density at radius 3 is 2.58 bits per heavy atom. The van der Waals surface area contributed by atoms with E-state index in [-0.39, 0.29) is 11.2 Å². The molecule has 0 saturated carbocycles. The van der Waals surface area contributed by atoms with Gasteiger partial charge in [0.05, 0.1) is 4.92 Å². The molecule has 2 aromatic rings. The van der Waals surface area contributed by atoms with Gasteiger partial charge in [-0.1, -0.05) is 6.07 Å². The number of aryl methyl sites for hydroxylation is 1. The lowest BCUT2D eigenvalue weighted by Crippen LogP contribution is -2.22. The van der Waals surface area contributed by atoms with Gasteiger partial charge >= 0.3 is 0 Å². The lowest BCUT2D eigenvalue weighted by molar-refractivity contribution is -0.384. The summed E-state index contributed by atoms with van der Waals surface area (Å²) < 4.78 is 1.92. The molecule has 0 amide bonds. The zero-order valence-corrected chi connectivity index (χ0v) is 11.4. The van der Waals surface area contributed by atoms with Crippen LogP contribution < -0.4 is 0 Å². The largest absolute Gasteiger partial charge is 0.308 e. The van der Waals surface area contributed by atoms with Gasteiger partial charge in [0.1, 0.15) is 6.33 Å². The molecule has 0 saturated heterocycles. The van der Waals surface area contributed by atoms with Gasteiger partial charge in [-0.05, 0) is 33.3 Å². The van der Waals surface area contributed by atoms with Gasteiger partial charge in [-0.3, -0.25) is 10.1 Å². The van der Waals surface area contributed by atoms with E-state index in [1.165, 1.54) is 6.07 Å². The van der Waals surface area contributed by atoms with E-state index >= 15 is 0 Å². The molecule has 100 valence electrons. The fourth-order valence-electron chi connectivity index (χ4n) is 1.87. The number of hydrogen-bond donors (Lipinski definition) is 0. The molecular weight excluding hydrogens is 244 g/mol. The van der Waals surface area contributed by atoms with Gasteiger partial charge in [0.15, 0.2) is 5.82 Å². The van der Waals surface area contributed by atoms with Crippen molar-refractivity contribution in [2.24, 2.45) is 0 Å². The molecule has 1 aromatic heterocycles.